The van der Waals surface area contributed by atoms with Gasteiger partial charge in [0.25, 0.3) is 8.32 Å². The second-order valence-corrected chi connectivity index (χ2v) is 14.0. The third-order valence-corrected chi connectivity index (χ3v) is 11.8. The Morgan fingerprint density at radius 1 is 0.935 bits per heavy atom. The van der Waals surface area contributed by atoms with E-state index in [9.17, 15) is 9.50 Å². The topological polar surface area (TPSA) is 29.5 Å². The predicted molar refractivity (Wildman–Crippen MR) is 127 cm³/mol. The molecule has 3 aromatic rings. The maximum Gasteiger partial charge on any atom is 0.261 e. The summed E-state index contributed by atoms with van der Waals surface area (Å²) in [6, 6.07) is 27.8. The minimum absolute atomic E-state index is 0.00519. The van der Waals surface area contributed by atoms with Gasteiger partial charge in [0.05, 0.1) is 6.61 Å². The Kier molecular flexibility index (Phi) is 5.90. The van der Waals surface area contributed by atoms with Crippen molar-refractivity contribution >= 4 is 18.7 Å². The molecule has 0 spiro atoms. The lowest BCUT2D eigenvalue weighted by molar-refractivity contribution is 0.217. The summed E-state index contributed by atoms with van der Waals surface area (Å²) >= 11 is 0. The molecule has 1 fully saturated rings. The van der Waals surface area contributed by atoms with Gasteiger partial charge in [-0.25, -0.2) is 4.39 Å². The number of aliphatic hydroxyl groups excluding tert-OH is 1. The van der Waals surface area contributed by atoms with Gasteiger partial charge in [-0.3, -0.25) is 0 Å². The molecule has 2 atom stereocenters. The quantitative estimate of drug-likeness (QED) is 0.549. The summed E-state index contributed by atoms with van der Waals surface area (Å²) in [6.45, 7) is 7.34. The Morgan fingerprint density at radius 2 is 1.52 bits per heavy atom. The average molecular weight is 435 g/mol. The third kappa shape index (κ3) is 3.89. The molecule has 0 heterocycles. The minimum Gasteiger partial charge on any atom is -0.407 e. The Balaban J connectivity index is 1.70. The molecule has 1 aliphatic carbocycles. The van der Waals surface area contributed by atoms with Gasteiger partial charge in [-0.15, -0.1) is 0 Å². The summed E-state index contributed by atoms with van der Waals surface area (Å²) in [5.74, 6) is -0.0928. The van der Waals surface area contributed by atoms with Crippen molar-refractivity contribution in [3.63, 3.8) is 0 Å². The van der Waals surface area contributed by atoms with Gasteiger partial charge in [-0.05, 0) is 45.4 Å². The Hall–Kier alpha value is -2.27. The highest BCUT2D eigenvalue weighted by atomic mass is 28.4. The smallest absolute Gasteiger partial charge is 0.261 e. The van der Waals surface area contributed by atoms with Crippen LogP contribution in [0.5, 0.6) is 0 Å². The largest absolute Gasteiger partial charge is 0.407 e. The second-order valence-electron chi connectivity index (χ2n) is 9.70. The van der Waals surface area contributed by atoms with Crippen LogP contribution >= 0.6 is 0 Å². The molecule has 3 aromatic carbocycles. The van der Waals surface area contributed by atoms with Crippen LogP contribution in [0.4, 0.5) is 4.39 Å². The van der Waals surface area contributed by atoms with Crippen molar-refractivity contribution in [2.24, 2.45) is 5.92 Å². The summed E-state index contributed by atoms with van der Waals surface area (Å²) in [4.78, 5) is 0. The van der Waals surface area contributed by atoms with Crippen LogP contribution in [0.1, 0.15) is 32.8 Å². The molecule has 162 valence electrons. The lowest BCUT2D eigenvalue weighted by atomic mass is 9.94. The van der Waals surface area contributed by atoms with E-state index >= 15 is 0 Å². The van der Waals surface area contributed by atoms with Gasteiger partial charge in [-0.2, -0.15) is 0 Å². The van der Waals surface area contributed by atoms with Crippen LogP contribution < -0.4 is 10.4 Å². The number of benzene rings is 3. The number of halogens is 1. The molecule has 31 heavy (non-hydrogen) atoms. The Morgan fingerprint density at radius 3 is 2.00 bits per heavy atom. The monoisotopic (exact) mass is 434 g/mol. The van der Waals surface area contributed by atoms with E-state index in [1.165, 1.54) is 16.4 Å². The lowest BCUT2D eigenvalue weighted by Gasteiger charge is -2.43. The summed E-state index contributed by atoms with van der Waals surface area (Å²) in [5, 5.41) is 12.6. The molecule has 0 aliphatic heterocycles. The number of hydrogen-bond donors (Lipinski definition) is 1. The first-order chi connectivity index (χ1) is 14.8. The highest BCUT2D eigenvalue weighted by molar-refractivity contribution is 6.99. The molecule has 1 saturated carbocycles. The fraction of sp³-hybridized carbons (Fsp3) is 0.333. The number of rotatable bonds is 7. The molecular formula is C27H31FO2Si. The number of aliphatic hydroxyl groups is 1. The fourth-order valence-corrected chi connectivity index (χ4v) is 9.63. The van der Waals surface area contributed by atoms with Crippen molar-refractivity contribution in [1.82, 2.24) is 0 Å². The van der Waals surface area contributed by atoms with Gasteiger partial charge >= 0.3 is 0 Å². The zero-order valence-electron chi connectivity index (χ0n) is 18.5. The fourth-order valence-electron chi connectivity index (χ4n) is 5.02. The van der Waals surface area contributed by atoms with Crippen LogP contribution in [0.3, 0.4) is 0 Å². The molecule has 4 heteroatoms. The molecule has 0 saturated heterocycles. The molecular weight excluding hydrogens is 403 g/mol. The van der Waals surface area contributed by atoms with Gasteiger partial charge in [0.2, 0.25) is 0 Å². The third-order valence-electron chi connectivity index (χ3n) is 6.83. The van der Waals surface area contributed by atoms with Crippen LogP contribution in [-0.4, -0.2) is 26.6 Å². The van der Waals surface area contributed by atoms with Gasteiger partial charge in [-0.1, -0.05) is 93.6 Å². The van der Waals surface area contributed by atoms with Gasteiger partial charge in [0.15, 0.2) is 0 Å². The van der Waals surface area contributed by atoms with Crippen LogP contribution in [0.2, 0.25) is 5.04 Å². The van der Waals surface area contributed by atoms with E-state index in [2.05, 4.69) is 69.3 Å². The maximum atomic E-state index is 13.9. The highest BCUT2D eigenvalue weighted by Gasteiger charge is 2.57. The zero-order valence-corrected chi connectivity index (χ0v) is 19.5. The van der Waals surface area contributed by atoms with E-state index in [1.807, 2.05) is 18.2 Å². The van der Waals surface area contributed by atoms with Crippen LogP contribution in [-0.2, 0) is 9.84 Å². The van der Waals surface area contributed by atoms with E-state index in [-0.39, 0.29) is 23.4 Å². The van der Waals surface area contributed by atoms with E-state index in [0.717, 1.165) is 12.0 Å². The van der Waals surface area contributed by atoms with Crippen LogP contribution in [0, 0.1) is 11.7 Å². The Bertz CT molecular complexity index is 977. The average Bonchev–Trinajstić information content (AvgIpc) is 3.49. The molecule has 2 nitrogen and oxygen atoms in total. The van der Waals surface area contributed by atoms with Gasteiger partial charge in [0.1, 0.15) is 5.82 Å². The first kappa shape index (κ1) is 21.9. The van der Waals surface area contributed by atoms with E-state index in [4.69, 9.17) is 4.43 Å². The van der Waals surface area contributed by atoms with Crippen molar-refractivity contribution in [2.45, 2.75) is 37.6 Å². The van der Waals surface area contributed by atoms with Crippen molar-refractivity contribution in [3.8, 4) is 0 Å². The zero-order chi connectivity index (χ0) is 22.1. The first-order valence-corrected chi connectivity index (χ1v) is 12.9. The first-order valence-electron chi connectivity index (χ1n) is 11.0. The van der Waals surface area contributed by atoms with Crippen LogP contribution in [0.25, 0.3) is 0 Å². The highest BCUT2D eigenvalue weighted by Crippen LogP contribution is 2.54. The van der Waals surface area contributed by atoms with Crippen molar-refractivity contribution in [3.05, 3.63) is 96.3 Å². The minimum atomic E-state index is -2.61. The molecule has 0 unspecified atom stereocenters. The molecule has 1 aliphatic rings. The molecule has 1 N–H and O–H groups in total. The Labute approximate surface area is 185 Å². The van der Waals surface area contributed by atoms with Crippen molar-refractivity contribution in [2.75, 3.05) is 13.2 Å². The molecule has 0 amide bonds. The number of hydrogen-bond acceptors (Lipinski definition) is 2. The molecule has 4 rings (SSSR count). The van der Waals surface area contributed by atoms with Gasteiger partial charge < -0.3 is 9.53 Å². The summed E-state index contributed by atoms with van der Waals surface area (Å²) in [5.41, 5.74) is 0.457. The van der Waals surface area contributed by atoms with Crippen molar-refractivity contribution in [1.29, 1.82) is 0 Å². The summed E-state index contributed by atoms with van der Waals surface area (Å²) in [7, 11) is -2.61. The van der Waals surface area contributed by atoms with E-state index in [1.54, 1.807) is 12.1 Å². The molecule has 0 radical (unpaired) electrons. The predicted octanol–water partition coefficient (Wildman–Crippen LogP) is 4.65. The normalized spacial score (nSPS) is 21.1. The second kappa shape index (κ2) is 8.34. The van der Waals surface area contributed by atoms with Crippen LogP contribution in [0.15, 0.2) is 84.9 Å². The summed E-state index contributed by atoms with van der Waals surface area (Å²) < 4.78 is 20.9. The van der Waals surface area contributed by atoms with E-state index in [0.29, 0.717) is 6.61 Å². The molecule has 0 bridgehead atoms. The lowest BCUT2D eigenvalue weighted by Crippen LogP contribution is -2.66. The SMILES string of the molecule is CC(C)(C)[Si](OC[C@@H]1C[C@@]1(CO)c1cccc(F)c1)(c1ccccc1)c1ccccc1. The van der Waals surface area contributed by atoms with E-state index < -0.39 is 13.7 Å². The molecule has 0 aromatic heterocycles. The summed E-state index contributed by atoms with van der Waals surface area (Å²) in [6.07, 6.45) is 0.811. The maximum absolute atomic E-state index is 13.9. The standard InChI is InChI=1S/C27H31FO2Si/c1-26(2,3)31(24-13-6-4-7-14-24,25-15-8-5-9-16-25)30-19-22-18-27(22,20-29)21-11-10-12-23(28)17-21/h4-17,22,29H,18-20H2,1-3H3/t22-,27+/m0/s1. The van der Waals surface area contributed by atoms with Gasteiger partial charge in [0, 0.05) is 12.0 Å². The van der Waals surface area contributed by atoms with Crippen molar-refractivity contribution < 1.29 is 13.9 Å².